The molecule has 0 unspecified atom stereocenters. The van der Waals surface area contributed by atoms with E-state index in [1.807, 2.05) is 18.2 Å². The van der Waals surface area contributed by atoms with Crippen molar-refractivity contribution in [3.63, 3.8) is 0 Å². The van der Waals surface area contributed by atoms with Crippen LogP contribution in [0, 0.1) is 11.8 Å². The summed E-state index contributed by atoms with van der Waals surface area (Å²) >= 11 is 0. The highest BCUT2D eigenvalue weighted by molar-refractivity contribution is 5.56. The summed E-state index contributed by atoms with van der Waals surface area (Å²) in [6.45, 7) is 0.315. The maximum absolute atomic E-state index is 5.53. The third-order valence-electron chi connectivity index (χ3n) is 4.88. The van der Waals surface area contributed by atoms with Crippen molar-refractivity contribution in [2.45, 2.75) is 5.41 Å². The molecular formula is C25H21N3. The van der Waals surface area contributed by atoms with Gasteiger partial charge in [-0.25, -0.2) is 4.98 Å². The van der Waals surface area contributed by atoms with E-state index in [-0.39, 0.29) is 0 Å². The fourth-order valence-electron chi connectivity index (χ4n) is 3.70. The second kappa shape index (κ2) is 7.96. The van der Waals surface area contributed by atoms with E-state index in [1.165, 1.54) is 0 Å². The Labute approximate surface area is 165 Å². The van der Waals surface area contributed by atoms with Gasteiger partial charge >= 0.3 is 0 Å². The Balaban J connectivity index is 2.06. The van der Waals surface area contributed by atoms with Crippen LogP contribution in [0.5, 0.6) is 0 Å². The maximum Gasteiger partial charge on any atom is 0.126 e. The maximum atomic E-state index is 5.53. The lowest BCUT2D eigenvalue weighted by Crippen LogP contribution is -2.32. The summed E-state index contributed by atoms with van der Waals surface area (Å²) in [6, 6.07) is 31.4. The third-order valence-corrected chi connectivity index (χ3v) is 4.88. The summed E-state index contributed by atoms with van der Waals surface area (Å²) < 4.78 is 0. The van der Waals surface area contributed by atoms with Gasteiger partial charge in [-0.05, 0) is 22.6 Å². The standard InChI is InChI=1S/C25H21N3/c26-18-10-17-23-19-27-24(28-23)25(20-11-4-1-5-12-20,21-13-6-2-7-14-21)22-15-8-3-9-16-22/h1-9,11-16,19H,18,26H2,(H,27,28). The highest BCUT2D eigenvalue weighted by Gasteiger charge is 2.40. The number of aromatic nitrogens is 2. The van der Waals surface area contributed by atoms with Gasteiger partial charge in [0.1, 0.15) is 16.9 Å². The van der Waals surface area contributed by atoms with Crippen molar-refractivity contribution in [1.29, 1.82) is 0 Å². The first-order chi connectivity index (χ1) is 13.9. The summed E-state index contributed by atoms with van der Waals surface area (Å²) in [6.07, 6.45) is 1.78. The zero-order valence-corrected chi connectivity index (χ0v) is 15.5. The molecule has 1 aromatic heterocycles. The average molecular weight is 363 g/mol. The smallest absolute Gasteiger partial charge is 0.126 e. The van der Waals surface area contributed by atoms with E-state index in [0.717, 1.165) is 28.2 Å². The molecule has 3 N–H and O–H groups in total. The normalized spacial score (nSPS) is 10.9. The molecule has 28 heavy (non-hydrogen) atoms. The third kappa shape index (κ3) is 3.11. The van der Waals surface area contributed by atoms with E-state index in [2.05, 4.69) is 89.6 Å². The Morgan fingerprint density at radius 2 is 1.21 bits per heavy atom. The molecule has 0 aliphatic carbocycles. The van der Waals surface area contributed by atoms with Crippen LogP contribution in [0.15, 0.2) is 97.2 Å². The van der Waals surface area contributed by atoms with Gasteiger partial charge in [0, 0.05) is 0 Å². The first kappa shape index (κ1) is 17.8. The number of nitrogens with one attached hydrogen (secondary N) is 1. The van der Waals surface area contributed by atoms with Crippen molar-refractivity contribution >= 4 is 0 Å². The molecule has 3 heteroatoms. The SMILES string of the molecule is NCC#Cc1cnc(C(c2ccccc2)(c2ccccc2)c2ccccc2)[nH]1. The largest absolute Gasteiger partial charge is 0.334 e. The van der Waals surface area contributed by atoms with Crippen LogP contribution < -0.4 is 5.73 Å². The molecule has 0 amide bonds. The minimum Gasteiger partial charge on any atom is -0.334 e. The number of rotatable bonds is 4. The lowest BCUT2D eigenvalue weighted by Gasteiger charge is -2.34. The molecule has 0 spiro atoms. The fraction of sp³-hybridized carbons (Fsp3) is 0.0800. The molecule has 136 valence electrons. The molecule has 0 saturated carbocycles. The van der Waals surface area contributed by atoms with Crippen LogP contribution in [0.3, 0.4) is 0 Å². The minimum atomic E-state index is -0.577. The molecule has 4 rings (SSSR count). The van der Waals surface area contributed by atoms with Gasteiger partial charge in [-0.15, -0.1) is 0 Å². The van der Waals surface area contributed by atoms with Crippen molar-refractivity contribution in [2.24, 2.45) is 5.73 Å². The lowest BCUT2D eigenvalue weighted by atomic mass is 9.69. The Morgan fingerprint density at radius 1 is 0.750 bits per heavy atom. The quantitative estimate of drug-likeness (QED) is 0.424. The molecule has 3 nitrogen and oxygen atoms in total. The van der Waals surface area contributed by atoms with E-state index >= 15 is 0 Å². The van der Waals surface area contributed by atoms with E-state index < -0.39 is 5.41 Å². The first-order valence-corrected chi connectivity index (χ1v) is 9.26. The molecule has 0 fully saturated rings. The summed E-state index contributed by atoms with van der Waals surface area (Å²) in [5, 5.41) is 0. The Hall–Kier alpha value is -3.61. The summed E-state index contributed by atoms with van der Waals surface area (Å²) in [5.74, 6) is 6.78. The summed E-state index contributed by atoms with van der Waals surface area (Å²) in [4.78, 5) is 8.22. The number of aromatic amines is 1. The van der Waals surface area contributed by atoms with Gasteiger partial charge in [0.15, 0.2) is 0 Å². The number of imidazole rings is 1. The van der Waals surface area contributed by atoms with Crippen LogP contribution in [0.4, 0.5) is 0 Å². The molecule has 0 atom stereocenters. The lowest BCUT2D eigenvalue weighted by molar-refractivity contribution is 0.691. The van der Waals surface area contributed by atoms with Gasteiger partial charge in [-0.1, -0.05) is 96.9 Å². The molecule has 0 aliphatic rings. The van der Waals surface area contributed by atoms with Crippen molar-refractivity contribution in [3.8, 4) is 11.8 Å². The number of nitrogens with zero attached hydrogens (tertiary/aromatic N) is 1. The number of hydrogen-bond acceptors (Lipinski definition) is 2. The summed E-state index contributed by atoms with van der Waals surface area (Å²) in [7, 11) is 0. The molecule has 0 radical (unpaired) electrons. The zero-order chi connectivity index (χ0) is 19.2. The second-order valence-electron chi connectivity index (χ2n) is 6.50. The Kier molecular flexibility index (Phi) is 5.05. The zero-order valence-electron chi connectivity index (χ0n) is 15.5. The van der Waals surface area contributed by atoms with Crippen LogP contribution in [0.25, 0.3) is 0 Å². The minimum absolute atomic E-state index is 0.315. The number of nitrogens with two attached hydrogens (primary N) is 1. The molecule has 3 aromatic carbocycles. The molecular weight excluding hydrogens is 342 g/mol. The highest BCUT2D eigenvalue weighted by Crippen LogP contribution is 2.43. The van der Waals surface area contributed by atoms with Gasteiger partial charge in [0.25, 0.3) is 0 Å². The van der Waals surface area contributed by atoms with Crippen molar-refractivity contribution in [2.75, 3.05) is 6.54 Å². The first-order valence-electron chi connectivity index (χ1n) is 9.26. The molecule has 0 aliphatic heterocycles. The molecule has 4 aromatic rings. The van der Waals surface area contributed by atoms with Gasteiger partial charge in [0.05, 0.1) is 12.7 Å². The Bertz CT molecular complexity index is 991. The topological polar surface area (TPSA) is 54.7 Å². The van der Waals surface area contributed by atoms with Crippen LogP contribution in [0.1, 0.15) is 28.2 Å². The van der Waals surface area contributed by atoms with Crippen molar-refractivity contribution in [1.82, 2.24) is 9.97 Å². The van der Waals surface area contributed by atoms with Gasteiger partial charge in [-0.2, -0.15) is 0 Å². The monoisotopic (exact) mass is 363 g/mol. The number of hydrogen-bond donors (Lipinski definition) is 2. The van der Waals surface area contributed by atoms with Crippen molar-refractivity contribution < 1.29 is 0 Å². The van der Waals surface area contributed by atoms with Crippen LogP contribution in [-0.4, -0.2) is 16.5 Å². The predicted octanol–water partition coefficient (Wildman–Crippen LogP) is 4.10. The van der Waals surface area contributed by atoms with E-state index in [9.17, 15) is 0 Å². The van der Waals surface area contributed by atoms with E-state index in [4.69, 9.17) is 10.7 Å². The van der Waals surface area contributed by atoms with E-state index in [0.29, 0.717) is 6.54 Å². The molecule has 1 heterocycles. The predicted molar refractivity (Wildman–Crippen MR) is 113 cm³/mol. The highest BCUT2D eigenvalue weighted by atomic mass is 14.9. The number of benzene rings is 3. The second-order valence-corrected chi connectivity index (χ2v) is 6.50. The molecule has 0 bridgehead atoms. The van der Waals surface area contributed by atoms with Gasteiger partial charge in [-0.3, -0.25) is 0 Å². The fourth-order valence-corrected chi connectivity index (χ4v) is 3.70. The molecule has 0 saturated heterocycles. The van der Waals surface area contributed by atoms with E-state index in [1.54, 1.807) is 6.20 Å². The van der Waals surface area contributed by atoms with Gasteiger partial charge < -0.3 is 10.7 Å². The Morgan fingerprint density at radius 3 is 1.64 bits per heavy atom. The average Bonchev–Trinajstić information content (AvgIpc) is 3.24. The van der Waals surface area contributed by atoms with Crippen LogP contribution in [-0.2, 0) is 5.41 Å². The summed E-state index contributed by atoms with van der Waals surface area (Å²) in [5.41, 5.74) is 9.13. The van der Waals surface area contributed by atoms with Gasteiger partial charge in [0.2, 0.25) is 0 Å². The van der Waals surface area contributed by atoms with Crippen LogP contribution >= 0.6 is 0 Å². The van der Waals surface area contributed by atoms with Crippen molar-refractivity contribution in [3.05, 3.63) is 125 Å². The van der Waals surface area contributed by atoms with Crippen LogP contribution in [0.2, 0.25) is 0 Å². The number of H-pyrrole nitrogens is 1.